The highest BCUT2D eigenvalue weighted by Crippen LogP contribution is 2.25. The summed E-state index contributed by atoms with van der Waals surface area (Å²) in [5.74, 6) is 0.170. The second kappa shape index (κ2) is 11.0. The third-order valence-electron chi connectivity index (χ3n) is 5.45. The first-order chi connectivity index (χ1) is 17.1. The first kappa shape index (κ1) is 23.6. The van der Waals surface area contributed by atoms with Crippen LogP contribution in [0.15, 0.2) is 55.0 Å². The number of methoxy groups -OCH3 is 1. The van der Waals surface area contributed by atoms with Crippen LogP contribution in [0, 0.1) is 11.3 Å². The number of amides is 1. The molecule has 1 aliphatic heterocycles. The van der Waals surface area contributed by atoms with Crippen LogP contribution in [-0.2, 0) is 9.53 Å². The molecule has 1 saturated heterocycles. The number of nitrogens with one attached hydrogen (secondary N) is 4. The smallest absolute Gasteiger partial charge is 0.341 e. The summed E-state index contributed by atoms with van der Waals surface area (Å²) in [6, 6.07) is 12.4. The van der Waals surface area contributed by atoms with Gasteiger partial charge in [0.15, 0.2) is 5.69 Å². The summed E-state index contributed by atoms with van der Waals surface area (Å²) >= 11 is 0. The Labute approximate surface area is 202 Å². The molecular formula is C24H24N8O3. The van der Waals surface area contributed by atoms with E-state index >= 15 is 0 Å². The number of esters is 1. The first-order valence-corrected chi connectivity index (χ1v) is 11.0. The number of anilines is 4. The molecule has 3 aromatic rings. The van der Waals surface area contributed by atoms with Gasteiger partial charge in [-0.2, -0.15) is 5.26 Å². The highest BCUT2D eigenvalue weighted by atomic mass is 16.5. The zero-order chi connectivity index (χ0) is 24.6. The molecule has 11 heteroatoms. The highest BCUT2D eigenvalue weighted by molar-refractivity contribution is 5.96. The van der Waals surface area contributed by atoms with Crippen molar-refractivity contribution in [3.8, 4) is 6.07 Å². The second-order valence-corrected chi connectivity index (χ2v) is 7.86. The van der Waals surface area contributed by atoms with E-state index in [2.05, 4.69) is 36.2 Å². The van der Waals surface area contributed by atoms with Crippen molar-refractivity contribution in [2.75, 3.05) is 29.6 Å². The van der Waals surface area contributed by atoms with E-state index in [1.807, 2.05) is 36.4 Å². The van der Waals surface area contributed by atoms with Crippen molar-refractivity contribution in [3.63, 3.8) is 0 Å². The third-order valence-corrected chi connectivity index (χ3v) is 5.45. The van der Waals surface area contributed by atoms with E-state index in [1.165, 1.54) is 25.7 Å². The van der Waals surface area contributed by atoms with Crippen LogP contribution in [0.4, 0.5) is 23.0 Å². The molecule has 4 rings (SSSR count). The van der Waals surface area contributed by atoms with Gasteiger partial charge in [-0.1, -0.05) is 18.2 Å². The second-order valence-electron chi connectivity index (χ2n) is 7.86. The molecule has 4 N–H and O–H groups in total. The molecule has 35 heavy (non-hydrogen) atoms. The van der Waals surface area contributed by atoms with Gasteiger partial charge in [0.1, 0.15) is 23.3 Å². The Morgan fingerprint density at radius 2 is 1.91 bits per heavy atom. The standard InChI is InChI=1S/C24H24N8O3/c1-35-24(34)18-13-29-21(32-22-14-27-17(11-25)12-28-22)10-19(18)30-16-7-8-26-20(9-16)23(33)31-15-5-3-2-4-6-15/h2-6,10,12-14,16,20,26H,7-9H2,1H3,(H,31,33)(H2,28,29,30,32)/t16?,20-/m0/s1. The van der Waals surface area contributed by atoms with Gasteiger partial charge in [-0.15, -0.1) is 0 Å². The SMILES string of the molecule is COC(=O)c1cnc(Nc2cnc(C#N)cn2)cc1NC1CCN[C@H](C(=O)Nc2ccccc2)C1. The van der Waals surface area contributed by atoms with E-state index in [0.717, 1.165) is 12.1 Å². The minimum absolute atomic E-state index is 0.0730. The molecule has 2 aromatic heterocycles. The molecule has 1 fully saturated rings. The maximum Gasteiger partial charge on any atom is 0.341 e. The molecule has 0 radical (unpaired) electrons. The number of hydrogen-bond acceptors (Lipinski definition) is 10. The van der Waals surface area contributed by atoms with E-state index < -0.39 is 12.0 Å². The fourth-order valence-electron chi connectivity index (χ4n) is 3.72. The number of carbonyl (C=O) groups excluding carboxylic acids is 2. The van der Waals surface area contributed by atoms with Crippen molar-refractivity contribution in [2.24, 2.45) is 0 Å². The van der Waals surface area contributed by atoms with Gasteiger partial charge in [-0.25, -0.2) is 19.7 Å². The molecule has 1 amide bonds. The van der Waals surface area contributed by atoms with Crippen molar-refractivity contribution >= 4 is 34.9 Å². The topological polar surface area (TPSA) is 154 Å². The Balaban J connectivity index is 1.48. The number of ether oxygens (including phenoxy) is 1. The molecule has 0 saturated carbocycles. The third kappa shape index (κ3) is 6.07. The number of benzene rings is 1. The van der Waals surface area contributed by atoms with Crippen LogP contribution in [-0.4, -0.2) is 52.6 Å². The number of nitrogens with zero attached hydrogens (tertiary/aromatic N) is 4. The minimum Gasteiger partial charge on any atom is -0.465 e. The van der Waals surface area contributed by atoms with E-state index in [0.29, 0.717) is 30.3 Å². The Bertz CT molecular complexity index is 1230. The molecule has 0 aliphatic carbocycles. The van der Waals surface area contributed by atoms with Crippen molar-refractivity contribution in [2.45, 2.75) is 24.9 Å². The summed E-state index contributed by atoms with van der Waals surface area (Å²) < 4.78 is 4.91. The van der Waals surface area contributed by atoms with E-state index in [-0.39, 0.29) is 23.2 Å². The average Bonchev–Trinajstić information content (AvgIpc) is 2.89. The normalized spacial score (nSPS) is 17.0. The lowest BCUT2D eigenvalue weighted by Gasteiger charge is -2.31. The van der Waals surface area contributed by atoms with Gasteiger partial charge in [-0.05, 0) is 31.5 Å². The first-order valence-electron chi connectivity index (χ1n) is 11.0. The van der Waals surface area contributed by atoms with Crippen molar-refractivity contribution < 1.29 is 14.3 Å². The van der Waals surface area contributed by atoms with Crippen LogP contribution in [0.1, 0.15) is 28.9 Å². The Kier molecular flexibility index (Phi) is 7.44. The Morgan fingerprint density at radius 3 is 2.63 bits per heavy atom. The zero-order valence-electron chi connectivity index (χ0n) is 19.0. The molecule has 0 spiro atoms. The summed E-state index contributed by atoms with van der Waals surface area (Å²) in [5, 5.41) is 21.4. The molecule has 2 atom stereocenters. The van der Waals surface area contributed by atoms with Crippen LogP contribution in [0.5, 0.6) is 0 Å². The Hall–Kier alpha value is -4.56. The zero-order valence-corrected chi connectivity index (χ0v) is 19.0. The van der Waals surface area contributed by atoms with Gasteiger partial charge in [0.05, 0.1) is 31.2 Å². The van der Waals surface area contributed by atoms with Gasteiger partial charge >= 0.3 is 5.97 Å². The van der Waals surface area contributed by atoms with Crippen LogP contribution in [0.25, 0.3) is 0 Å². The summed E-state index contributed by atoms with van der Waals surface area (Å²) in [6.45, 7) is 0.634. The van der Waals surface area contributed by atoms with E-state index in [9.17, 15) is 9.59 Å². The Morgan fingerprint density at radius 1 is 1.11 bits per heavy atom. The largest absolute Gasteiger partial charge is 0.465 e. The maximum atomic E-state index is 12.8. The van der Waals surface area contributed by atoms with Gasteiger partial charge in [-0.3, -0.25) is 4.79 Å². The van der Waals surface area contributed by atoms with E-state index in [4.69, 9.17) is 10.00 Å². The van der Waals surface area contributed by atoms with Crippen LogP contribution >= 0.6 is 0 Å². The van der Waals surface area contributed by atoms with Crippen LogP contribution < -0.4 is 21.3 Å². The fourth-order valence-corrected chi connectivity index (χ4v) is 3.72. The number of carbonyl (C=O) groups is 2. The fraction of sp³-hybridized carbons (Fsp3) is 0.250. The molecule has 1 aromatic carbocycles. The number of rotatable bonds is 7. The molecular weight excluding hydrogens is 448 g/mol. The van der Waals surface area contributed by atoms with Gasteiger partial charge < -0.3 is 26.0 Å². The lowest BCUT2D eigenvalue weighted by molar-refractivity contribution is -0.118. The molecule has 178 valence electrons. The average molecular weight is 473 g/mol. The van der Waals surface area contributed by atoms with Crippen LogP contribution in [0.2, 0.25) is 0 Å². The van der Waals surface area contributed by atoms with Crippen molar-refractivity contribution in [1.82, 2.24) is 20.3 Å². The van der Waals surface area contributed by atoms with E-state index in [1.54, 1.807) is 6.07 Å². The lowest BCUT2D eigenvalue weighted by atomic mass is 9.98. The predicted octanol–water partition coefficient (Wildman–Crippen LogP) is 2.44. The van der Waals surface area contributed by atoms with Crippen molar-refractivity contribution in [3.05, 3.63) is 66.2 Å². The highest BCUT2D eigenvalue weighted by Gasteiger charge is 2.28. The molecule has 1 unspecified atom stereocenters. The molecule has 0 bridgehead atoms. The number of para-hydroxylation sites is 1. The summed E-state index contributed by atoms with van der Waals surface area (Å²) in [5.41, 5.74) is 1.72. The van der Waals surface area contributed by atoms with Gasteiger partial charge in [0.25, 0.3) is 0 Å². The maximum absolute atomic E-state index is 12.8. The number of nitriles is 1. The quantitative estimate of drug-likeness (QED) is 0.377. The molecule has 1 aliphatic rings. The van der Waals surface area contributed by atoms with Crippen LogP contribution in [0.3, 0.4) is 0 Å². The predicted molar refractivity (Wildman–Crippen MR) is 129 cm³/mol. The molecule has 11 nitrogen and oxygen atoms in total. The molecule has 3 heterocycles. The number of piperidine rings is 1. The number of hydrogen-bond donors (Lipinski definition) is 4. The number of aromatic nitrogens is 3. The summed E-state index contributed by atoms with van der Waals surface area (Å²) in [4.78, 5) is 37.5. The van der Waals surface area contributed by atoms with Gasteiger partial charge in [0, 0.05) is 24.0 Å². The summed E-state index contributed by atoms with van der Waals surface area (Å²) in [6.07, 6.45) is 5.45. The monoisotopic (exact) mass is 472 g/mol. The minimum atomic E-state index is -0.531. The van der Waals surface area contributed by atoms with Crippen molar-refractivity contribution in [1.29, 1.82) is 5.26 Å². The van der Waals surface area contributed by atoms with Gasteiger partial charge in [0.2, 0.25) is 5.91 Å². The summed E-state index contributed by atoms with van der Waals surface area (Å²) in [7, 11) is 1.30. The lowest BCUT2D eigenvalue weighted by Crippen LogP contribution is -2.49. The number of pyridine rings is 1.